The number of pyridine rings is 1. The number of amides is 2. The van der Waals surface area contributed by atoms with E-state index in [0.29, 0.717) is 31.8 Å². The summed E-state index contributed by atoms with van der Waals surface area (Å²) in [6, 6.07) is 13.5. The number of fused-ring (bicyclic) bond motifs is 1. The molecule has 8 nitrogen and oxygen atoms in total. The van der Waals surface area contributed by atoms with Crippen LogP contribution in [0.3, 0.4) is 0 Å². The highest BCUT2D eigenvalue weighted by Gasteiger charge is 2.35. The molecule has 8 heteroatoms. The van der Waals surface area contributed by atoms with E-state index < -0.39 is 0 Å². The molecule has 0 saturated carbocycles. The molecule has 3 heterocycles. The molecule has 1 fully saturated rings. The molecule has 2 N–H and O–H groups in total. The molecule has 0 spiro atoms. The Morgan fingerprint density at radius 3 is 2.93 bits per heavy atom. The highest BCUT2D eigenvalue weighted by molar-refractivity contribution is 5.89. The summed E-state index contributed by atoms with van der Waals surface area (Å²) in [7, 11) is 1.60. The Balaban J connectivity index is 1.54. The van der Waals surface area contributed by atoms with Crippen molar-refractivity contribution in [3.05, 3.63) is 59.9 Å². The Bertz CT molecular complexity index is 1020. The first-order chi connectivity index (χ1) is 14.7. The number of aromatic nitrogens is 3. The highest BCUT2D eigenvalue weighted by Crippen LogP contribution is 2.25. The Labute approximate surface area is 174 Å². The molecule has 1 aromatic carbocycles. The lowest BCUT2D eigenvalue weighted by Gasteiger charge is -2.21. The number of carbonyl (C=O) groups is 2. The number of nitrogens with one attached hydrogen (secondary N) is 2. The second-order valence-electron chi connectivity index (χ2n) is 7.50. The Morgan fingerprint density at radius 2 is 2.13 bits per heavy atom. The van der Waals surface area contributed by atoms with Gasteiger partial charge in [-0.05, 0) is 24.1 Å². The van der Waals surface area contributed by atoms with Gasteiger partial charge in [0, 0.05) is 38.2 Å². The van der Waals surface area contributed by atoms with E-state index in [4.69, 9.17) is 4.74 Å². The number of benzene rings is 1. The smallest absolute Gasteiger partial charge is 0.225 e. The van der Waals surface area contributed by atoms with E-state index in [1.807, 2.05) is 42.5 Å². The molecular formula is C22H25N5O3. The Hall–Kier alpha value is -3.26. The quantitative estimate of drug-likeness (QED) is 0.594. The third-order valence-electron chi connectivity index (χ3n) is 5.46. The Morgan fingerprint density at radius 1 is 1.30 bits per heavy atom. The van der Waals surface area contributed by atoms with Crippen molar-refractivity contribution < 1.29 is 14.3 Å². The van der Waals surface area contributed by atoms with Crippen molar-refractivity contribution in [1.82, 2.24) is 25.4 Å². The first-order valence-electron chi connectivity index (χ1n) is 10.1. The predicted octanol–water partition coefficient (Wildman–Crippen LogP) is 1.85. The van der Waals surface area contributed by atoms with Crippen LogP contribution in [0.25, 0.3) is 11.0 Å². The largest absolute Gasteiger partial charge is 0.383 e. The summed E-state index contributed by atoms with van der Waals surface area (Å²) in [6.45, 7) is 1.38. The molecule has 1 saturated heterocycles. The van der Waals surface area contributed by atoms with Crippen LogP contribution in [-0.2, 0) is 20.7 Å². The van der Waals surface area contributed by atoms with Gasteiger partial charge in [-0.1, -0.05) is 30.3 Å². The number of hydrogen-bond acceptors (Lipinski definition) is 5. The topological polar surface area (TPSA) is 100 Å². The maximum atomic E-state index is 13.1. The fraction of sp³-hybridized carbons (Fsp3) is 0.364. The highest BCUT2D eigenvalue weighted by atomic mass is 16.5. The summed E-state index contributed by atoms with van der Waals surface area (Å²) in [5.41, 5.74) is 2.52. The van der Waals surface area contributed by atoms with Crippen LogP contribution in [0.2, 0.25) is 0 Å². The third kappa shape index (κ3) is 4.33. The van der Waals surface area contributed by atoms with E-state index in [9.17, 15) is 9.59 Å². The minimum Gasteiger partial charge on any atom is -0.383 e. The lowest BCUT2D eigenvalue weighted by Crippen LogP contribution is -2.37. The maximum absolute atomic E-state index is 13.1. The number of ether oxygens (including phenoxy) is 1. The number of carbonyl (C=O) groups excluding carboxylic acids is 2. The number of methoxy groups -OCH3 is 1. The van der Waals surface area contributed by atoms with E-state index in [0.717, 1.165) is 16.6 Å². The van der Waals surface area contributed by atoms with Crippen molar-refractivity contribution in [2.45, 2.75) is 18.9 Å². The van der Waals surface area contributed by atoms with Gasteiger partial charge in [0.05, 0.1) is 24.3 Å². The second-order valence-corrected chi connectivity index (χ2v) is 7.50. The normalized spacial score (nSPS) is 17.4. The second kappa shape index (κ2) is 9.04. The molecule has 0 radical (unpaired) electrons. The number of likely N-dealkylation sites (tertiary alicyclic amines) is 1. The number of rotatable bonds is 8. The zero-order valence-electron chi connectivity index (χ0n) is 16.9. The fourth-order valence-corrected chi connectivity index (χ4v) is 3.87. The summed E-state index contributed by atoms with van der Waals surface area (Å²) >= 11 is 0. The molecule has 2 amide bonds. The van der Waals surface area contributed by atoms with Crippen LogP contribution in [0.15, 0.2) is 48.7 Å². The SMILES string of the molecule is COCCN1CC(C(=O)NC(Cc2ccccc2)c2[nH]nc3ncccc23)CC1=O. The number of nitrogens with zero attached hydrogens (tertiary/aromatic N) is 3. The van der Waals surface area contributed by atoms with Crippen LogP contribution in [0.4, 0.5) is 0 Å². The van der Waals surface area contributed by atoms with Crippen LogP contribution >= 0.6 is 0 Å². The molecule has 0 bridgehead atoms. The van der Waals surface area contributed by atoms with Gasteiger partial charge in [0.1, 0.15) is 0 Å². The molecular weight excluding hydrogens is 382 g/mol. The molecule has 30 heavy (non-hydrogen) atoms. The minimum absolute atomic E-state index is 0.0111. The van der Waals surface area contributed by atoms with Gasteiger partial charge in [0.2, 0.25) is 11.8 Å². The third-order valence-corrected chi connectivity index (χ3v) is 5.46. The first kappa shape index (κ1) is 20.0. The van der Waals surface area contributed by atoms with Crippen LogP contribution in [-0.4, -0.2) is 58.7 Å². The van der Waals surface area contributed by atoms with Crippen molar-refractivity contribution in [3.8, 4) is 0 Å². The summed E-state index contributed by atoms with van der Waals surface area (Å²) in [5, 5.41) is 11.4. The predicted molar refractivity (Wildman–Crippen MR) is 111 cm³/mol. The van der Waals surface area contributed by atoms with Crippen molar-refractivity contribution >= 4 is 22.8 Å². The minimum atomic E-state index is -0.375. The van der Waals surface area contributed by atoms with E-state index in [2.05, 4.69) is 20.5 Å². The number of aromatic amines is 1. The van der Waals surface area contributed by atoms with Crippen molar-refractivity contribution in [2.75, 3.05) is 26.8 Å². The van der Waals surface area contributed by atoms with Crippen LogP contribution in [0.5, 0.6) is 0 Å². The molecule has 3 aromatic rings. The Kier molecular flexibility index (Phi) is 6.04. The maximum Gasteiger partial charge on any atom is 0.225 e. The van der Waals surface area contributed by atoms with Gasteiger partial charge in [-0.25, -0.2) is 4.98 Å². The molecule has 0 aliphatic carbocycles. The van der Waals surface area contributed by atoms with E-state index in [1.54, 1.807) is 18.2 Å². The van der Waals surface area contributed by atoms with Crippen molar-refractivity contribution in [2.24, 2.45) is 5.92 Å². The van der Waals surface area contributed by atoms with Gasteiger partial charge in [-0.3, -0.25) is 14.7 Å². The fourth-order valence-electron chi connectivity index (χ4n) is 3.87. The standard InChI is InChI=1S/C22H25N5O3/c1-30-11-10-27-14-16(13-19(27)28)22(29)24-18(12-15-6-3-2-4-7-15)20-17-8-5-9-23-21(17)26-25-20/h2-9,16,18H,10-14H2,1H3,(H,24,29)(H,23,25,26). The molecule has 2 unspecified atom stereocenters. The van der Waals surface area contributed by atoms with Gasteiger partial charge in [-0.15, -0.1) is 0 Å². The summed E-state index contributed by atoms with van der Waals surface area (Å²) in [5.74, 6) is -0.515. The number of H-pyrrole nitrogens is 1. The average Bonchev–Trinajstić information content (AvgIpc) is 3.36. The zero-order chi connectivity index (χ0) is 20.9. The van der Waals surface area contributed by atoms with Gasteiger partial charge in [0.15, 0.2) is 5.65 Å². The lowest BCUT2D eigenvalue weighted by molar-refractivity contribution is -0.129. The number of hydrogen-bond donors (Lipinski definition) is 2. The monoisotopic (exact) mass is 407 g/mol. The van der Waals surface area contributed by atoms with E-state index in [1.165, 1.54) is 0 Å². The van der Waals surface area contributed by atoms with Crippen molar-refractivity contribution in [1.29, 1.82) is 0 Å². The first-order valence-corrected chi connectivity index (χ1v) is 10.1. The molecule has 156 valence electrons. The summed E-state index contributed by atoms with van der Waals surface area (Å²) in [6.07, 6.45) is 2.52. The molecule has 2 atom stereocenters. The molecule has 2 aromatic heterocycles. The van der Waals surface area contributed by atoms with Gasteiger partial charge in [0.25, 0.3) is 0 Å². The van der Waals surface area contributed by atoms with Crippen LogP contribution < -0.4 is 5.32 Å². The van der Waals surface area contributed by atoms with Crippen LogP contribution in [0, 0.1) is 5.92 Å². The van der Waals surface area contributed by atoms with Crippen LogP contribution in [0.1, 0.15) is 23.7 Å². The zero-order valence-corrected chi connectivity index (χ0v) is 16.9. The van der Waals surface area contributed by atoms with Crippen molar-refractivity contribution in [3.63, 3.8) is 0 Å². The lowest BCUT2D eigenvalue weighted by atomic mass is 10.00. The average molecular weight is 407 g/mol. The van der Waals surface area contributed by atoms with Gasteiger partial charge in [-0.2, -0.15) is 5.10 Å². The van der Waals surface area contributed by atoms with Gasteiger partial charge >= 0.3 is 0 Å². The molecule has 1 aliphatic heterocycles. The van der Waals surface area contributed by atoms with Gasteiger partial charge < -0.3 is 15.0 Å². The molecule has 4 rings (SSSR count). The summed E-state index contributed by atoms with van der Waals surface area (Å²) in [4.78, 5) is 31.3. The summed E-state index contributed by atoms with van der Waals surface area (Å²) < 4.78 is 5.06. The van der Waals surface area contributed by atoms with E-state index in [-0.39, 0.29) is 30.2 Å². The molecule has 1 aliphatic rings. The van der Waals surface area contributed by atoms with E-state index >= 15 is 0 Å².